The highest BCUT2D eigenvalue weighted by atomic mass is 35.5. The van der Waals surface area contributed by atoms with E-state index in [0.29, 0.717) is 12.3 Å². The molecule has 2 heterocycles. The van der Waals surface area contributed by atoms with Crippen LogP contribution in [-0.2, 0) is 4.79 Å². The van der Waals surface area contributed by atoms with Gasteiger partial charge in [-0.25, -0.2) is 0 Å². The van der Waals surface area contributed by atoms with E-state index in [1.807, 2.05) is 4.90 Å². The molecule has 2 fully saturated rings. The van der Waals surface area contributed by atoms with Crippen LogP contribution in [0, 0.1) is 0 Å². The summed E-state index contributed by atoms with van der Waals surface area (Å²) in [7, 11) is 0. The van der Waals surface area contributed by atoms with Crippen molar-refractivity contribution < 1.29 is 4.79 Å². The van der Waals surface area contributed by atoms with E-state index in [2.05, 4.69) is 28.9 Å². The first-order valence-electron chi connectivity index (χ1n) is 7.12. The van der Waals surface area contributed by atoms with E-state index in [9.17, 15) is 4.79 Å². The van der Waals surface area contributed by atoms with Crippen LogP contribution >= 0.6 is 24.2 Å². The Kier molecular flexibility index (Phi) is 8.14. The third kappa shape index (κ3) is 5.50. The fraction of sp³-hybridized carbons (Fsp3) is 0.923. The smallest absolute Gasteiger partial charge is 0.223 e. The van der Waals surface area contributed by atoms with Crippen molar-refractivity contribution in [3.05, 3.63) is 0 Å². The highest BCUT2D eigenvalue weighted by molar-refractivity contribution is 8.00. The molecule has 19 heavy (non-hydrogen) atoms. The largest absolute Gasteiger partial charge is 0.340 e. The van der Waals surface area contributed by atoms with Crippen LogP contribution in [0.15, 0.2) is 0 Å². The van der Waals surface area contributed by atoms with E-state index in [4.69, 9.17) is 0 Å². The Hall–Kier alpha value is 0.0300. The lowest BCUT2D eigenvalue weighted by Crippen LogP contribution is -2.47. The van der Waals surface area contributed by atoms with Crippen molar-refractivity contribution in [2.24, 2.45) is 0 Å². The topological polar surface area (TPSA) is 35.6 Å². The highest BCUT2D eigenvalue weighted by Crippen LogP contribution is 2.21. The lowest BCUT2D eigenvalue weighted by molar-refractivity contribution is -0.132. The van der Waals surface area contributed by atoms with E-state index in [-0.39, 0.29) is 12.4 Å². The molecule has 0 aromatic heterocycles. The lowest BCUT2D eigenvalue weighted by atomic mass is 10.2. The van der Waals surface area contributed by atoms with Gasteiger partial charge in [0.05, 0.1) is 0 Å². The molecule has 6 heteroatoms. The number of thioether (sulfide) groups is 1. The zero-order chi connectivity index (χ0) is 12.8. The second kappa shape index (κ2) is 9.06. The first kappa shape index (κ1) is 17.1. The average molecular weight is 308 g/mol. The molecule has 1 atom stereocenters. The standard InChI is InChI=1S/C13H25N3OS.ClH/c1-2-12-11-15(9-10-18-12)6-3-13(17)16-7-4-14-5-8-16;/h12,14H,2-11H2,1H3;1H. The van der Waals surface area contributed by atoms with Gasteiger partial charge in [0.2, 0.25) is 5.91 Å². The zero-order valence-electron chi connectivity index (χ0n) is 11.8. The summed E-state index contributed by atoms with van der Waals surface area (Å²) in [4.78, 5) is 16.5. The van der Waals surface area contributed by atoms with Gasteiger partial charge in [0.25, 0.3) is 0 Å². The Morgan fingerprint density at radius 3 is 2.74 bits per heavy atom. The molecule has 1 amide bonds. The summed E-state index contributed by atoms with van der Waals surface area (Å²) >= 11 is 2.08. The van der Waals surface area contributed by atoms with Gasteiger partial charge in [-0.2, -0.15) is 11.8 Å². The van der Waals surface area contributed by atoms with Crippen LogP contribution in [0.25, 0.3) is 0 Å². The van der Waals surface area contributed by atoms with Crippen molar-refractivity contribution in [3.8, 4) is 0 Å². The molecule has 0 spiro atoms. The Morgan fingerprint density at radius 2 is 2.05 bits per heavy atom. The van der Waals surface area contributed by atoms with Crippen molar-refractivity contribution >= 4 is 30.1 Å². The minimum Gasteiger partial charge on any atom is -0.340 e. The van der Waals surface area contributed by atoms with E-state index in [1.54, 1.807) is 0 Å². The third-order valence-corrected chi connectivity index (χ3v) is 5.16. The zero-order valence-corrected chi connectivity index (χ0v) is 13.4. The molecule has 2 rings (SSSR count). The SMILES string of the molecule is CCC1CN(CCC(=O)N2CCNCC2)CCS1.Cl. The minimum atomic E-state index is 0. The second-order valence-electron chi connectivity index (χ2n) is 5.08. The first-order valence-corrected chi connectivity index (χ1v) is 8.17. The molecule has 0 radical (unpaired) electrons. The van der Waals surface area contributed by atoms with Crippen molar-refractivity contribution in [1.82, 2.24) is 15.1 Å². The molecule has 2 aliphatic rings. The number of carbonyl (C=O) groups is 1. The van der Waals surface area contributed by atoms with Crippen molar-refractivity contribution in [3.63, 3.8) is 0 Å². The van der Waals surface area contributed by atoms with E-state index in [1.165, 1.54) is 12.2 Å². The molecule has 1 unspecified atom stereocenters. The van der Waals surface area contributed by atoms with E-state index >= 15 is 0 Å². The normalized spacial score (nSPS) is 24.9. The number of amides is 1. The van der Waals surface area contributed by atoms with Gasteiger partial charge in [-0.1, -0.05) is 6.92 Å². The summed E-state index contributed by atoms with van der Waals surface area (Å²) < 4.78 is 0. The maximum absolute atomic E-state index is 12.1. The first-order chi connectivity index (χ1) is 8.79. The molecular formula is C13H26ClN3OS. The number of piperazine rings is 1. The molecule has 0 saturated carbocycles. The predicted molar refractivity (Wildman–Crippen MR) is 84.3 cm³/mol. The molecule has 0 bridgehead atoms. The number of hydrogen-bond acceptors (Lipinski definition) is 4. The van der Waals surface area contributed by atoms with Crippen LogP contribution in [0.5, 0.6) is 0 Å². The quantitative estimate of drug-likeness (QED) is 0.842. The number of nitrogens with zero attached hydrogens (tertiary/aromatic N) is 2. The monoisotopic (exact) mass is 307 g/mol. The van der Waals surface area contributed by atoms with Crippen LogP contribution in [0.4, 0.5) is 0 Å². The van der Waals surface area contributed by atoms with Crippen LogP contribution < -0.4 is 5.32 Å². The van der Waals surface area contributed by atoms with Gasteiger partial charge in [-0.3, -0.25) is 4.79 Å². The summed E-state index contributed by atoms with van der Waals surface area (Å²) in [6.07, 6.45) is 1.94. The van der Waals surface area contributed by atoms with Crippen molar-refractivity contribution in [2.75, 3.05) is 51.6 Å². The maximum atomic E-state index is 12.1. The van der Waals surface area contributed by atoms with Gasteiger partial charge in [-0.15, -0.1) is 12.4 Å². The molecular weight excluding hydrogens is 282 g/mol. The van der Waals surface area contributed by atoms with Crippen LogP contribution in [0.2, 0.25) is 0 Å². The maximum Gasteiger partial charge on any atom is 0.223 e. The van der Waals surface area contributed by atoms with Gasteiger partial charge in [0.1, 0.15) is 0 Å². The number of halogens is 1. The summed E-state index contributed by atoms with van der Waals surface area (Å²) in [6, 6.07) is 0. The van der Waals surface area contributed by atoms with Gasteiger partial charge >= 0.3 is 0 Å². The fourth-order valence-corrected chi connectivity index (χ4v) is 3.81. The number of hydrogen-bond donors (Lipinski definition) is 1. The van der Waals surface area contributed by atoms with Gasteiger partial charge < -0.3 is 15.1 Å². The van der Waals surface area contributed by atoms with Gasteiger partial charge in [0, 0.05) is 63.2 Å². The van der Waals surface area contributed by atoms with Crippen LogP contribution in [0.1, 0.15) is 19.8 Å². The molecule has 2 saturated heterocycles. The second-order valence-corrected chi connectivity index (χ2v) is 6.49. The van der Waals surface area contributed by atoms with Gasteiger partial charge in [-0.05, 0) is 6.42 Å². The third-order valence-electron chi connectivity index (χ3n) is 3.79. The summed E-state index contributed by atoms with van der Waals surface area (Å²) in [6.45, 7) is 9.17. The lowest BCUT2D eigenvalue weighted by Gasteiger charge is -2.33. The Morgan fingerprint density at radius 1 is 1.32 bits per heavy atom. The minimum absolute atomic E-state index is 0. The summed E-state index contributed by atoms with van der Waals surface area (Å²) in [5.74, 6) is 1.56. The number of carbonyl (C=O) groups excluding carboxylic acids is 1. The molecule has 1 N–H and O–H groups in total. The summed E-state index contributed by atoms with van der Waals surface area (Å²) in [5, 5.41) is 4.05. The van der Waals surface area contributed by atoms with Crippen LogP contribution in [0.3, 0.4) is 0 Å². The Bertz CT molecular complexity index is 275. The molecule has 0 aromatic carbocycles. The molecule has 0 aromatic rings. The van der Waals surface area contributed by atoms with Gasteiger partial charge in [0.15, 0.2) is 0 Å². The predicted octanol–water partition coefficient (Wildman–Crippen LogP) is 1.06. The molecule has 0 aliphatic carbocycles. The number of nitrogens with one attached hydrogen (secondary N) is 1. The highest BCUT2D eigenvalue weighted by Gasteiger charge is 2.21. The molecule has 4 nitrogen and oxygen atoms in total. The van der Waals surface area contributed by atoms with Crippen molar-refractivity contribution in [2.45, 2.75) is 25.0 Å². The summed E-state index contributed by atoms with van der Waals surface area (Å²) in [5.41, 5.74) is 0. The number of rotatable bonds is 4. The van der Waals surface area contributed by atoms with E-state index < -0.39 is 0 Å². The van der Waals surface area contributed by atoms with E-state index in [0.717, 1.165) is 51.1 Å². The van der Waals surface area contributed by atoms with Crippen LogP contribution in [-0.4, -0.2) is 72.5 Å². The average Bonchev–Trinajstić information content (AvgIpc) is 2.46. The fourth-order valence-electron chi connectivity index (χ4n) is 2.56. The Labute approximate surface area is 127 Å². The van der Waals surface area contributed by atoms with Crippen molar-refractivity contribution in [1.29, 1.82) is 0 Å². The Balaban J connectivity index is 0.00000180. The molecule has 112 valence electrons. The molecule has 2 aliphatic heterocycles.